The number of hydrogen-bond acceptors (Lipinski definition) is 3. The van der Waals surface area contributed by atoms with Gasteiger partial charge in [-0.25, -0.2) is 9.97 Å². The van der Waals surface area contributed by atoms with Gasteiger partial charge in [-0.15, -0.1) is 0 Å². The molecule has 0 spiro atoms. The molecule has 0 bridgehead atoms. The van der Waals surface area contributed by atoms with Gasteiger partial charge in [0.25, 0.3) is 0 Å². The molecule has 0 aliphatic rings. The molecule has 5 nitrogen and oxygen atoms in total. The standard InChI is InChI=1S/C5H5N5/c1-4-7-2-5(3-8-4)9-10-6/h2-3H,1H3. The van der Waals surface area contributed by atoms with Crippen molar-refractivity contribution in [1.29, 1.82) is 0 Å². The van der Waals surface area contributed by atoms with Crippen LogP contribution >= 0.6 is 0 Å². The minimum Gasteiger partial charge on any atom is -0.241 e. The third-order valence-electron chi connectivity index (χ3n) is 0.928. The quantitative estimate of drug-likeness (QED) is 0.334. The van der Waals surface area contributed by atoms with Crippen LogP contribution < -0.4 is 0 Å². The molecule has 0 radical (unpaired) electrons. The molecule has 0 aliphatic heterocycles. The average Bonchev–Trinajstić information content (AvgIpc) is 1.95. The average molecular weight is 135 g/mol. The maximum absolute atomic E-state index is 7.99. The Labute approximate surface area is 57.4 Å². The first-order valence-electron chi connectivity index (χ1n) is 2.66. The molecule has 0 atom stereocenters. The highest BCUT2D eigenvalue weighted by atomic mass is 15.1. The Hall–Kier alpha value is -1.61. The molecule has 1 aromatic rings. The van der Waals surface area contributed by atoms with E-state index in [0.717, 1.165) is 0 Å². The first-order chi connectivity index (χ1) is 4.83. The van der Waals surface area contributed by atoms with Gasteiger partial charge in [0.2, 0.25) is 0 Å². The predicted molar refractivity (Wildman–Crippen MR) is 35.6 cm³/mol. The van der Waals surface area contributed by atoms with Crippen molar-refractivity contribution >= 4 is 5.69 Å². The van der Waals surface area contributed by atoms with Gasteiger partial charge in [0.1, 0.15) is 5.82 Å². The Morgan fingerprint density at radius 1 is 1.50 bits per heavy atom. The molecule has 0 aromatic carbocycles. The van der Waals surface area contributed by atoms with Crippen LogP contribution in [0, 0.1) is 6.92 Å². The highest BCUT2D eigenvalue weighted by Crippen LogP contribution is 2.06. The van der Waals surface area contributed by atoms with Crippen LogP contribution in [0.4, 0.5) is 5.69 Å². The van der Waals surface area contributed by atoms with Crippen molar-refractivity contribution < 1.29 is 0 Å². The largest absolute Gasteiger partial charge is 0.241 e. The number of aryl methyl sites for hydroxylation is 1. The summed E-state index contributed by atoms with van der Waals surface area (Å²) in [6, 6.07) is 0. The molecule has 1 rings (SSSR count). The summed E-state index contributed by atoms with van der Waals surface area (Å²) < 4.78 is 0. The van der Waals surface area contributed by atoms with Gasteiger partial charge < -0.3 is 0 Å². The molecule has 10 heavy (non-hydrogen) atoms. The predicted octanol–water partition coefficient (Wildman–Crippen LogP) is 1.73. The van der Waals surface area contributed by atoms with Crippen LogP contribution in [0.15, 0.2) is 17.5 Å². The van der Waals surface area contributed by atoms with Gasteiger partial charge in [-0.05, 0) is 12.5 Å². The summed E-state index contributed by atoms with van der Waals surface area (Å²) in [5, 5.41) is 3.30. The summed E-state index contributed by atoms with van der Waals surface area (Å²) in [6.45, 7) is 1.76. The van der Waals surface area contributed by atoms with E-state index in [1.54, 1.807) is 6.92 Å². The zero-order valence-corrected chi connectivity index (χ0v) is 5.39. The maximum atomic E-state index is 7.99. The summed E-state index contributed by atoms with van der Waals surface area (Å²) in [6.07, 6.45) is 2.95. The second-order valence-corrected chi connectivity index (χ2v) is 1.68. The van der Waals surface area contributed by atoms with Crippen molar-refractivity contribution in [3.05, 3.63) is 28.7 Å². The smallest absolute Gasteiger partial charge is 0.125 e. The van der Waals surface area contributed by atoms with E-state index in [9.17, 15) is 0 Å². The van der Waals surface area contributed by atoms with Crippen molar-refractivity contribution in [2.45, 2.75) is 6.92 Å². The molecule has 0 saturated heterocycles. The van der Waals surface area contributed by atoms with Crippen LogP contribution in [0.3, 0.4) is 0 Å². The molecule has 0 N–H and O–H groups in total. The second kappa shape index (κ2) is 2.80. The Balaban J connectivity index is 3.00. The molecule has 5 heteroatoms. The van der Waals surface area contributed by atoms with Gasteiger partial charge >= 0.3 is 0 Å². The third-order valence-corrected chi connectivity index (χ3v) is 0.928. The number of rotatable bonds is 1. The third kappa shape index (κ3) is 1.43. The lowest BCUT2D eigenvalue weighted by atomic mass is 10.5. The summed E-state index contributed by atoms with van der Waals surface area (Å²) in [5.41, 5.74) is 8.43. The molecule has 1 aromatic heterocycles. The maximum Gasteiger partial charge on any atom is 0.125 e. The van der Waals surface area contributed by atoms with Crippen LogP contribution in [0.1, 0.15) is 5.82 Å². The molecule has 0 amide bonds. The topological polar surface area (TPSA) is 74.5 Å². The minimum atomic E-state index is 0.438. The van der Waals surface area contributed by atoms with E-state index in [1.807, 2.05) is 0 Å². The van der Waals surface area contributed by atoms with Crippen LogP contribution in [0.2, 0.25) is 0 Å². The van der Waals surface area contributed by atoms with Crippen molar-refractivity contribution in [3.63, 3.8) is 0 Å². The van der Waals surface area contributed by atoms with Crippen molar-refractivity contribution in [2.24, 2.45) is 5.11 Å². The SMILES string of the molecule is Cc1ncc(N=[N+]=[N-])cn1. The van der Waals surface area contributed by atoms with Crippen molar-refractivity contribution in [1.82, 2.24) is 9.97 Å². The zero-order chi connectivity index (χ0) is 7.40. The van der Waals surface area contributed by atoms with Gasteiger partial charge in [0, 0.05) is 17.3 Å². The lowest BCUT2D eigenvalue weighted by Gasteiger charge is -1.88. The first kappa shape index (κ1) is 6.51. The Morgan fingerprint density at radius 3 is 2.60 bits per heavy atom. The normalized spacial score (nSPS) is 8.50. The minimum absolute atomic E-state index is 0.438. The summed E-state index contributed by atoms with van der Waals surface area (Å²) in [5.74, 6) is 0.664. The van der Waals surface area contributed by atoms with E-state index >= 15 is 0 Å². The van der Waals surface area contributed by atoms with Gasteiger partial charge in [-0.3, -0.25) is 0 Å². The molecule has 0 fully saturated rings. The van der Waals surface area contributed by atoms with Gasteiger partial charge in [-0.1, -0.05) is 5.11 Å². The van der Waals surface area contributed by atoms with E-state index in [1.165, 1.54) is 12.4 Å². The number of hydrogen-bond donors (Lipinski definition) is 0. The Morgan fingerprint density at radius 2 is 2.10 bits per heavy atom. The second-order valence-electron chi connectivity index (χ2n) is 1.68. The first-order valence-corrected chi connectivity index (χ1v) is 2.66. The molecule has 1 heterocycles. The fourth-order valence-electron chi connectivity index (χ4n) is 0.489. The van der Waals surface area contributed by atoms with Gasteiger partial charge in [0.05, 0.1) is 5.69 Å². The highest BCUT2D eigenvalue weighted by Gasteiger charge is 1.87. The fraction of sp³-hybridized carbons (Fsp3) is 0.200. The zero-order valence-electron chi connectivity index (χ0n) is 5.39. The summed E-state index contributed by atoms with van der Waals surface area (Å²) >= 11 is 0. The molecule has 0 aliphatic carbocycles. The molecule has 50 valence electrons. The summed E-state index contributed by atoms with van der Waals surface area (Å²) in [4.78, 5) is 10.2. The van der Waals surface area contributed by atoms with Gasteiger partial charge in [-0.2, -0.15) is 0 Å². The number of aromatic nitrogens is 2. The highest BCUT2D eigenvalue weighted by molar-refractivity contribution is 5.28. The van der Waals surface area contributed by atoms with Crippen molar-refractivity contribution in [3.8, 4) is 0 Å². The van der Waals surface area contributed by atoms with E-state index in [0.29, 0.717) is 11.5 Å². The van der Waals surface area contributed by atoms with E-state index in [4.69, 9.17) is 5.53 Å². The van der Waals surface area contributed by atoms with E-state index < -0.39 is 0 Å². The van der Waals surface area contributed by atoms with Gasteiger partial charge in [0.15, 0.2) is 0 Å². The number of nitrogens with zero attached hydrogens (tertiary/aromatic N) is 5. The fourth-order valence-corrected chi connectivity index (χ4v) is 0.489. The van der Waals surface area contributed by atoms with Crippen molar-refractivity contribution in [2.75, 3.05) is 0 Å². The van der Waals surface area contributed by atoms with Crippen LogP contribution in [-0.4, -0.2) is 9.97 Å². The lowest BCUT2D eigenvalue weighted by molar-refractivity contribution is 1.05. The molecule has 0 saturated carbocycles. The van der Waals surface area contributed by atoms with Crippen LogP contribution in [0.25, 0.3) is 10.4 Å². The Kier molecular flexibility index (Phi) is 1.82. The van der Waals surface area contributed by atoms with E-state index in [2.05, 4.69) is 20.0 Å². The van der Waals surface area contributed by atoms with Crippen LogP contribution in [0.5, 0.6) is 0 Å². The Bertz CT molecular complexity index is 258. The van der Waals surface area contributed by atoms with Crippen LogP contribution in [-0.2, 0) is 0 Å². The summed E-state index contributed by atoms with van der Waals surface area (Å²) in [7, 11) is 0. The molecular formula is C5H5N5. The molecule has 0 unspecified atom stereocenters. The number of azide groups is 1. The molecular weight excluding hydrogens is 130 g/mol. The lowest BCUT2D eigenvalue weighted by Crippen LogP contribution is -1.82. The van der Waals surface area contributed by atoms with E-state index in [-0.39, 0.29) is 0 Å². The monoisotopic (exact) mass is 135 g/mol.